The summed E-state index contributed by atoms with van der Waals surface area (Å²) in [5.41, 5.74) is 4.74. The molecular weight excluding hydrogens is 528 g/mol. The van der Waals surface area contributed by atoms with E-state index in [1.165, 1.54) is 36.5 Å². The van der Waals surface area contributed by atoms with Crippen LogP contribution in [-0.2, 0) is 4.79 Å². The van der Waals surface area contributed by atoms with Crippen LogP contribution in [0, 0.1) is 17.0 Å². The Morgan fingerprint density at radius 2 is 1.87 bits per heavy atom. The van der Waals surface area contributed by atoms with E-state index in [1.807, 2.05) is 19.1 Å². The lowest BCUT2D eigenvalue weighted by atomic mass is 10.2. The lowest BCUT2D eigenvalue weighted by Crippen LogP contribution is -2.20. The van der Waals surface area contributed by atoms with Gasteiger partial charge in [0.15, 0.2) is 23.9 Å². The monoisotopic (exact) mass is 550 g/mol. The van der Waals surface area contributed by atoms with Gasteiger partial charge in [-0.3, -0.25) is 19.7 Å². The van der Waals surface area contributed by atoms with E-state index in [0.29, 0.717) is 34.6 Å². The van der Waals surface area contributed by atoms with Crippen LogP contribution in [0.25, 0.3) is 11.0 Å². The van der Waals surface area contributed by atoms with Gasteiger partial charge in [-0.25, -0.2) is 5.43 Å². The molecule has 0 aliphatic carbocycles. The van der Waals surface area contributed by atoms with Gasteiger partial charge in [0, 0.05) is 23.2 Å². The van der Waals surface area contributed by atoms with Gasteiger partial charge >= 0.3 is 5.91 Å². The molecule has 1 heterocycles. The molecule has 0 saturated carbocycles. The highest BCUT2D eigenvalue weighted by atomic mass is 35.5. The summed E-state index contributed by atoms with van der Waals surface area (Å²) in [7, 11) is 0. The molecule has 4 aromatic rings. The quantitative estimate of drug-likeness (QED) is 0.151. The average Bonchev–Trinajstić information content (AvgIpc) is 3.33. The lowest BCUT2D eigenvalue weighted by molar-refractivity contribution is -0.384. The summed E-state index contributed by atoms with van der Waals surface area (Å²) < 4.78 is 16.7. The fourth-order valence-corrected chi connectivity index (χ4v) is 3.79. The average molecular weight is 551 g/mol. The van der Waals surface area contributed by atoms with Crippen molar-refractivity contribution in [2.45, 2.75) is 13.8 Å². The van der Waals surface area contributed by atoms with E-state index in [0.717, 1.165) is 5.56 Å². The number of fused-ring (bicyclic) bond motifs is 1. The van der Waals surface area contributed by atoms with Crippen LogP contribution < -0.4 is 20.2 Å². The molecule has 0 atom stereocenters. The summed E-state index contributed by atoms with van der Waals surface area (Å²) in [4.78, 5) is 35.2. The molecule has 0 fully saturated rings. The van der Waals surface area contributed by atoms with Crippen molar-refractivity contribution in [2.24, 2.45) is 5.10 Å². The fraction of sp³-hybridized carbons (Fsp3) is 0.148. The van der Waals surface area contributed by atoms with Crippen LogP contribution >= 0.6 is 11.6 Å². The number of carbonyl (C=O) groups is 2. The number of aryl methyl sites for hydroxylation is 1. The highest BCUT2D eigenvalue weighted by Crippen LogP contribution is 2.36. The number of hydrogen-bond donors (Lipinski definition) is 2. The predicted octanol–water partition coefficient (Wildman–Crippen LogP) is 5.48. The van der Waals surface area contributed by atoms with E-state index in [1.54, 1.807) is 25.1 Å². The molecule has 0 bridgehead atoms. The van der Waals surface area contributed by atoms with Crippen molar-refractivity contribution in [3.8, 4) is 11.5 Å². The van der Waals surface area contributed by atoms with Crippen LogP contribution in [0.1, 0.15) is 28.6 Å². The van der Waals surface area contributed by atoms with Gasteiger partial charge < -0.3 is 19.2 Å². The summed E-state index contributed by atoms with van der Waals surface area (Å²) in [6.07, 6.45) is 1.34. The minimum absolute atomic E-state index is 0.0663. The van der Waals surface area contributed by atoms with Crippen molar-refractivity contribution in [3.63, 3.8) is 0 Å². The van der Waals surface area contributed by atoms with Crippen LogP contribution in [-0.4, -0.2) is 36.2 Å². The molecule has 0 aliphatic rings. The van der Waals surface area contributed by atoms with Gasteiger partial charge in [-0.1, -0.05) is 29.3 Å². The predicted molar refractivity (Wildman–Crippen MR) is 146 cm³/mol. The summed E-state index contributed by atoms with van der Waals surface area (Å²) in [5.74, 6) is -0.607. The molecule has 0 saturated heterocycles. The third kappa shape index (κ3) is 6.90. The Balaban J connectivity index is 1.41. The Morgan fingerprint density at radius 1 is 1.10 bits per heavy atom. The molecule has 0 aliphatic heterocycles. The molecule has 12 heteroatoms. The number of halogens is 1. The summed E-state index contributed by atoms with van der Waals surface area (Å²) in [6, 6.07) is 15.9. The van der Waals surface area contributed by atoms with E-state index >= 15 is 0 Å². The maximum absolute atomic E-state index is 12.4. The van der Waals surface area contributed by atoms with Crippen molar-refractivity contribution >= 4 is 52.0 Å². The largest absolute Gasteiger partial charge is 0.490 e. The van der Waals surface area contributed by atoms with Gasteiger partial charge in [0.25, 0.3) is 11.6 Å². The van der Waals surface area contributed by atoms with Gasteiger partial charge in [0.2, 0.25) is 0 Å². The molecule has 200 valence electrons. The maximum atomic E-state index is 12.4. The number of ether oxygens (including phenoxy) is 2. The molecule has 4 rings (SSSR count). The maximum Gasteiger partial charge on any atom is 0.307 e. The van der Waals surface area contributed by atoms with Crippen LogP contribution in [0.2, 0.25) is 5.02 Å². The van der Waals surface area contributed by atoms with E-state index in [4.69, 9.17) is 25.5 Å². The topological polar surface area (TPSA) is 145 Å². The zero-order valence-corrected chi connectivity index (χ0v) is 21.7. The Morgan fingerprint density at radius 3 is 2.59 bits per heavy atom. The molecule has 1 aromatic heterocycles. The Kier molecular flexibility index (Phi) is 8.42. The van der Waals surface area contributed by atoms with E-state index in [-0.39, 0.29) is 34.7 Å². The molecular formula is C27H23ClN4O7. The number of nitro benzene ring substituents is 1. The number of hydrazone groups is 1. The minimum atomic E-state index is -0.652. The highest BCUT2D eigenvalue weighted by Gasteiger charge is 2.16. The highest BCUT2D eigenvalue weighted by molar-refractivity contribution is 6.32. The summed E-state index contributed by atoms with van der Waals surface area (Å²) in [5, 5.41) is 18.2. The smallest absolute Gasteiger partial charge is 0.307 e. The summed E-state index contributed by atoms with van der Waals surface area (Å²) in [6.45, 7) is 3.75. The third-order valence-electron chi connectivity index (χ3n) is 5.33. The number of nitrogens with one attached hydrogen (secondary N) is 2. The SMILES string of the molecule is CCOc1cc(/C=N\NC(=O)c2cc3cc([N+](=O)[O-])ccc3o2)cc(Cl)c1OCC(=O)Nc1ccc(C)cc1. The number of amides is 2. The molecule has 11 nitrogen and oxygen atoms in total. The third-order valence-corrected chi connectivity index (χ3v) is 5.61. The number of benzene rings is 3. The van der Waals surface area contributed by atoms with Crippen molar-refractivity contribution in [2.75, 3.05) is 18.5 Å². The number of nitro groups is 1. The Hall–Kier alpha value is -4.90. The second-order valence-electron chi connectivity index (χ2n) is 8.25. The van der Waals surface area contributed by atoms with E-state index in [9.17, 15) is 19.7 Å². The van der Waals surface area contributed by atoms with E-state index in [2.05, 4.69) is 15.8 Å². The zero-order chi connectivity index (χ0) is 27.9. The first kappa shape index (κ1) is 27.1. The van der Waals surface area contributed by atoms with Crippen molar-refractivity contribution in [1.82, 2.24) is 5.43 Å². The molecule has 3 aromatic carbocycles. The van der Waals surface area contributed by atoms with Crippen LogP contribution in [0.4, 0.5) is 11.4 Å². The minimum Gasteiger partial charge on any atom is -0.490 e. The van der Waals surface area contributed by atoms with Crippen LogP contribution in [0.5, 0.6) is 11.5 Å². The van der Waals surface area contributed by atoms with Gasteiger partial charge in [0.1, 0.15) is 5.58 Å². The number of carbonyl (C=O) groups excluding carboxylic acids is 2. The van der Waals surface area contributed by atoms with Gasteiger partial charge in [0.05, 0.1) is 22.8 Å². The number of rotatable bonds is 10. The zero-order valence-electron chi connectivity index (χ0n) is 20.9. The number of hydrogen-bond acceptors (Lipinski definition) is 8. The first-order valence-electron chi connectivity index (χ1n) is 11.7. The number of non-ortho nitro benzene ring substituents is 1. The van der Waals surface area contributed by atoms with Crippen molar-refractivity contribution in [1.29, 1.82) is 0 Å². The van der Waals surface area contributed by atoms with Crippen molar-refractivity contribution < 1.29 is 28.4 Å². The molecule has 0 spiro atoms. The molecule has 2 N–H and O–H groups in total. The molecule has 0 unspecified atom stereocenters. The summed E-state index contributed by atoms with van der Waals surface area (Å²) >= 11 is 6.40. The molecule has 39 heavy (non-hydrogen) atoms. The molecule has 0 radical (unpaired) electrons. The second-order valence-corrected chi connectivity index (χ2v) is 8.66. The van der Waals surface area contributed by atoms with Gasteiger partial charge in [-0.05, 0) is 55.8 Å². The van der Waals surface area contributed by atoms with Crippen molar-refractivity contribution in [3.05, 3.63) is 92.7 Å². The molecule has 2 amide bonds. The number of nitrogens with zero attached hydrogens (tertiary/aromatic N) is 2. The van der Waals surface area contributed by atoms with Gasteiger partial charge in [-0.2, -0.15) is 5.10 Å². The lowest BCUT2D eigenvalue weighted by Gasteiger charge is -2.14. The Bertz CT molecular complexity index is 1560. The number of anilines is 1. The Labute approximate surface area is 227 Å². The normalized spacial score (nSPS) is 10.9. The first-order chi connectivity index (χ1) is 18.7. The van der Waals surface area contributed by atoms with Gasteiger partial charge in [-0.15, -0.1) is 0 Å². The van der Waals surface area contributed by atoms with Crippen LogP contribution in [0.3, 0.4) is 0 Å². The first-order valence-corrected chi connectivity index (χ1v) is 12.1. The standard InChI is InChI=1S/C27H23ClN4O7/c1-3-37-23-11-17(10-21(28)26(23)38-15-25(33)30-19-6-4-16(2)5-7-19)14-29-31-27(34)24-13-18-12-20(32(35)36)8-9-22(18)39-24/h4-14H,3,15H2,1-2H3,(H,30,33)(H,31,34)/b29-14-. The second kappa shape index (κ2) is 12.1. The fourth-order valence-electron chi connectivity index (χ4n) is 3.51. The van der Waals surface area contributed by atoms with Crippen LogP contribution in [0.15, 0.2) is 70.2 Å². The number of furan rings is 1. The van der Waals surface area contributed by atoms with E-state index < -0.39 is 10.8 Å².